The summed E-state index contributed by atoms with van der Waals surface area (Å²) in [6.07, 6.45) is 2.78. The van der Waals surface area contributed by atoms with E-state index in [4.69, 9.17) is 5.11 Å². The van der Waals surface area contributed by atoms with Gasteiger partial charge in [-0.25, -0.2) is 0 Å². The summed E-state index contributed by atoms with van der Waals surface area (Å²) in [7, 11) is 0. The summed E-state index contributed by atoms with van der Waals surface area (Å²) in [6, 6.07) is 0. The summed E-state index contributed by atoms with van der Waals surface area (Å²) in [5.41, 5.74) is 0.508. The maximum atomic E-state index is 11.9. The molecule has 1 aliphatic heterocycles. The molecule has 0 radical (unpaired) electrons. The molecule has 0 aliphatic carbocycles. The molecule has 17 heavy (non-hydrogen) atoms. The molecule has 0 spiro atoms. The van der Waals surface area contributed by atoms with E-state index in [1.54, 1.807) is 27.7 Å². The zero-order chi connectivity index (χ0) is 13.2. The molecular weight excluding hydrogens is 220 g/mol. The lowest BCUT2D eigenvalue weighted by Gasteiger charge is -2.29. The van der Waals surface area contributed by atoms with Crippen LogP contribution in [0.2, 0.25) is 0 Å². The highest BCUT2D eigenvalue weighted by molar-refractivity contribution is 6.46. The Hall–Kier alpha value is -1.46. The van der Waals surface area contributed by atoms with E-state index in [1.807, 2.05) is 0 Å². The van der Waals surface area contributed by atoms with Crippen LogP contribution in [0.15, 0.2) is 28.5 Å². The summed E-state index contributed by atoms with van der Waals surface area (Å²) >= 11 is 0. The second-order valence-corrected chi connectivity index (χ2v) is 4.91. The summed E-state index contributed by atoms with van der Waals surface area (Å²) < 4.78 is 0. The maximum absolute atomic E-state index is 11.9. The molecule has 0 bridgehead atoms. The maximum Gasteiger partial charge on any atom is 0.208 e. The van der Waals surface area contributed by atoms with Crippen molar-refractivity contribution in [3.8, 4) is 0 Å². The summed E-state index contributed by atoms with van der Waals surface area (Å²) in [5, 5.41) is 19.9. The summed E-state index contributed by atoms with van der Waals surface area (Å²) in [6.45, 7) is 6.73. The molecule has 2 N–H and O–H groups in total. The minimum absolute atomic E-state index is 0.275. The third kappa shape index (κ3) is 3.01. The molecule has 0 aromatic carbocycles. The predicted molar refractivity (Wildman–Crippen MR) is 64.7 cm³/mol. The van der Waals surface area contributed by atoms with Crippen molar-refractivity contribution >= 4 is 11.5 Å². The zero-order valence-corrected chi connectivity index (χ0v) is 10.6. The van der Waals surface area contributed by atoms with Crippen molar-refractivity contribution in [2.24, 2.45) is 4.99 Å². The van der Waals surface area contributed by atoms with Crippen molar-refractivity contribution in [3.05, 3.63) is 23.5 Å². The van der Waals surface area contributed by atoms with E-state index in [-0.39, 0.29) is 18.0 Å². The number of rotatable bonds is 2. The van der Waals surface area contributed by atoms with Crippen LogP contribution in [0.5, 0.6) is 0 Å². The fourth-order valence-corrected chi connectivity index (χ4v) is 1.23. The average molecular weight is 238 g/mol. The van der Waals surface area contributed by atoms with Gasteiger partial charge in [-0.3, -0.25) is 20.1 Å². The number of aliphatic imine (C=N–C) groups is 1. The molecule has 1 heterocycles. The first-order chi connectivity index (χ1) is 7.77. The second kappa shape index (κ2) is 4.81. The van der Waals surface area contributed by atoms with Crippen LogP contribution >= 0.6 is 0 Å². The van der Waals surface area contributed by atoms with Crippen LogP contribution in [0.1, 0.15) is 27.7 Å². The van der Waals surface area contributed by atoms with Crippen LogP contribution in [0.4, 0.5) is 0 Å². The topological polar surface area (TPSA) is 73.1 Å². The third-order valence-electron chi connectivity index (χ3n) is 2.44. The van der Waals surface area contributed by atoms with E-state index in [0.717, 1.165) is 5.06 Å². The van der Waals surface area contributed by atoms with Gasteiger partial charge in [0.25, 0.3) is 0 Å². The van der Waals surface area contributed by atoms with Crippen molar-refractivity contribution in [1.82, 2.24) is 5.06 Å². The van der Waals surface area contributed by atoms with Gasteiger partial charge < -0.3 is 5.11 Å². The Morgan fingerprint density at radius 3 is 2.53 bits per heavy atom. The van der Waals surface area contributed by atoms with E-state index >= 15 is 0 Å². The lowest BCUT2D eigenvalue weighted by atomic mass is 9.98. The lowest BCUT2D eigenvalue weighted by Crippen LogP contribution is -2.35. The van der Waals surface area contributed by atoms with Crippen molar-refractivity contribution in [2.75, 3.05) is 6.61 Å². The number of carbonyl (C=O) groups excluding carboxylic acids is 1. The first kappa shape index (κ1) is 13.6. The van der Waals surface area contributed by atoms with Gasteiger partial charge in [0.15, 0.2) is 0 Å². The van der Waals surface area contributed by atoms with E-state index in [9.17, 15) is 10.0 Å². The van der Waals surface area contributed by atoms with Gasteiger partial charge in [0, 0.05) is 23.5 Å². The smallest absolute Gasteiger partial charge is 0.208 e. The van der Waals surface area contributed by atoms with Crippen LogP contribution in [-0.4, -0.2) is 39.0 Å². The van der Waals surface area contributed by atoms with Crippen molar-refractivity contribution < 1.29 is 15.1 Å². The Labute approximate surface area is 101 Å². The molecule has 94 valence electrons. The molecule has 5 nitrogen and oxygen atoms in total. The van der Waals surface area contributed by atoms with Gasteiger partial charge in [0.1, 0.15) is 0 Å². The number of hydroxylamine groups is 2. The Morgan fingerprint density at radius 2 is 2.06 bits per heavy atom. The van der Waals surface area contributed by atoms with E-state index in [2.05, 4.69) is 4.99 Å². The minimum atomic E-state index is -0.518. The number of carbonyl (C=O) groups is 1. The van der Waals surface area contributed by atoms with E-state index in [1.165, 1.54) is 12.4 Å². The largest absolute Gasteiger partial charge is 0.392 e. The quantitative estimate of drug-likeness (QED) is 0.561. The molecule has 0 saturated carbocycles. The molecule has 0 amide bonds. The summed E-state index contributed by atoms with van der Waals surface area (Å²) in [4.78, 5) is 15.8. The van der Waals surface area contributed by atoms with Crippen molar-refractivity contribution in [3.63, 3.8) is 0 Å². The molecule has 1 rings (SSSR count). The van der Waals surface area contributed by atoms with E-state index in [0.29, 0.717) is 11.3 Å². The molecule has 0 aromatic rings. The number of ketones is 1. The Balaban J connectivity index is 3.12. The number of Topliss-reactive ketones (excluding diaryl/α,β-unsaturated/α-hetero) is 1. The van der Waals surface area contributed by atoms with Gasteiger partial charge in [0.2, 0.25) is 5.78 Å². The van der Waals surface area contributed by atoms with Gasteiger partial charge in [-0.05, 0) is 27.7 Å². The Kier molecular flexibility index (Phi) is 3.85. The SMILES string of the molecule is CC1=NC=C(CO)/C(=C/N(O)C(C)(C)C)C1=O. The average Bonchev–Trinajstić information content (AvgIpc) is 2.23. The molecule has 0 fully saturated rings. The predicted octanol–water partition coefficient (Wildman–Crippen LogP) is 1.28. The normalized spacial score (nSPS) is 19.2. The first-order valence-corrected chi connectivity index (χ1v) is 5.36. The molecule has 0 saturated heterocycles. The van der Waals surface area contributed by atoms with Gasteiger partial charge in [0.05, 0.1) is 17.9 Å². The van der Waals surface area contributed by atoms with Crippen LogP contribution in [-0.2, 0) is 4.79 Å². The second-order valence-electron chi connectivity index (χ2n) is 4.91. The van der Waals surface area contributed by atoms with Crippen LogP contribution in [0.25, 0.3) is 0 Å². The Morgan fingerprint density at radius 1 is 1.47 bits per heavy atom. The Bertz CT molecular complexity index is 414. The number of hydrogen-bond acceptors (Lipinski definition) is 5. The van der Waals surface area contributed by atoms with Crippen LogP contribution in [0.3, 0.4) is 0 Å². The standard InChI is InChI=1S/C12H18N2O3/c1-8-11(16)10(9(7-15)5-13-8)6-14(17)12(2,3)4/h5-6,15,17H,7H2,1-4H3/b10-6-. The third-order valence-corrected chi connectivity index (χ3v) is 2.44. The highest BCUT2D eigenvalue weighted by atomic mass is 16.5. The van der Waals surface area contributed by atoms with Gasteiger partial charge in [-0.1, -0.05) is 0 Å². The number of aliphatic hydroxyl groups excluding tert-OH is 1. The molecule has 0 atom stereocenters. The highest BCUT2D eigenvalue weighted by Gasteiger charge is 2.24. The van der Waals surface area contributed by atoms with Gasteiger partial charge in [-0.2, -0.15) is 0 Å². The summed E-state index contributed by atoms with van der Waals surface area (Å²) in [5.74, 6) is -0.278. The number of nitrogens with zero attached hydrogens (tertiary/aromatic N) is 2. The molecular formula is C12H18N2O3. The van der Waals surface area contributed by atoms with Crippen LogP contribution < -0.4 is 0 Å². The van der Waals surface area contributed by atoms with E-state index < -0.39 is 5.54 Å². The minimum Gasteiger partial charge on any atom is -0.392 e. The monoisotopic (exact) mass is 238 g/mol. The first-order valence-electron chi connectivity index (χ1n) is 5.36. The van der Waals surface area contributed by atoms with Gasteiger partial charge in [-0.15, -0.1) is 0 Å². The highest BCUT2D eigenvalue weighted by Crippen LogP contribution is 2.20. The fraction of sp³-hybridized carbons (Fsp3) is 0.500. The fourth-order valence-electron chi connectivity index (χ4n) is 1.23. The van der Waals surface area contributed by atoms with Crippen molar-refractivity contribution in [1.29, 1.82) is 0 Å². The number of hydrogen-bond donors (Lipinski definition) is 2. The van der Waals surface area contributed by atoms with Crippen LogP contribution in [0, 0.1) is 0 Å². The molecule has 0 unspecified atom stereocenters. The molecule has 5 heteroatoms. The molecule has 0 aromatic heterocycles. The lowest BCUT2D eigenvalue weighted by molar-refractivity contribution is -0.115. The zero-order valence-electron chi connectivity index (χ0n) is 10.6. The van der Waals surface area contributed by atoms with Crippen molar-refractivity contribution in [2.45, 2.75) is 33.2 Å². The number of aliphatic hydroxyl groups is 1. The molecule has 1 aliphatic rings. The van der Waals surface area contributed by atoms with Gasteiger partial charge >= 0.3 is 0 Å².